The zero-order valence-electron chi connectivity index (χ0n) is 18.5. The van der Waals surface area contributed by atoms with Crippen LogP contribution in [0.15, 0.2) is 94.9 Å². The highest BCUT2D eigenvalue weighted by atomic mass is 35.5. The number of methoxy groups -OCH3 is 1. The highest BCUT2D eigenvalue weighted by Gasteiger charge is 2.08. The van der Waals surface area contributed by atoms with E-state index >= 15 is 0 Å². The Hall–Kier alpha value is -3.48. The average molecular weight is 491 g/mol. The lowest BCUT2D eigenvalue weighted by Crippen LogP contribution is -2.19. The first-order chi connectivity index (χ1) is 16.6. The highest BCUT2D eigenvalue weighted by molar-refractivity contribution is 8.00. The van der Waals surface area contributed by atoms with Gasteiger partial charge in [0.1, 0.15) is 6.61 Å². The minimum Gasteiger partial charge on any atom is -0.493 e. The summed E-state index contributed by atoms with van der Waals surface area (Å²) in [6.07, 6.45) is 1.57. The van der Waals surface area contributed by atoms with Crippen LogP contribution in [0.1, 0.15) is 11.1 Å². The number of fused-ring (bicyclic) bond motifs is 1. The zero-order valence-corrected chi connectivity index (χ0v) is 20.1. The minimum absolute atomic E-state index is 0.196. The number of thioether (sulfide) groups is 1. The van der Waals surface area contributed by atoms with E-state index < -0.39 is 0 Å². The standard InChI is InChI=1S/C27H23ClN2O3S/c1-32-26-15-19(16-29-30-27(31)18-34-23-12-10-22(28)11-13-23)9-14-25(26)33-17-21-7-4-6-20-5-2-3-8-24(20)21/h2-16H,17-18H2,1H3,(H,30,31)/b29-16-. The number of hydrogen-bond acceptors (Lipinski definition) is 5. The van der Waals surface area contributed by atoms with E-state index in [9.17, 15) is 4.79 Å². The number of rotatable bonds is 9. The maximum absolute atomic E-state index is 12.0. The molecule has 0 aliphatic heterocycles. The van der Waals surface area contributed by atoms with E-state index in [4.69, 9.17) is 21.1 Å². The Morgan fingerprint density at radius 3 is 2.62 bits per heavy atom. The molecule has 0 heterocycles. The lowest BCUT2D eigenvalue weighted by atomic mass is 10.1. The number of nitrogens with zero attached hydrogens (tertiary/aromatic N) is 1. The zero-order chi connectivity index (χ0) is 23.8. The molecule has 4 aromatic carbocycles. The fourth-order valence-electron chi connectivity index (χ4n) is 3.35. The van der Waals surface area contributed by atoms with Crippen molar-refractivity contribution in [3.8, 4) is 11.5 Å². The first-order valence-electron chi connectivity index (χ1n) is 10.6. The van der Waals surface area contributed by atoms with Crippen molar-refractivity contribution in [3.05, 3.63) is 101 Å². The van der Waals surface area contributed by atoms with Crippen molar-refractivity contribution in [2.45, 2.75) is 11.5 Å². The van der Waals surface area contributed by atoms with Gasteiger partial charge in [-0.25, -0.2) is 5.43 Å². The Bertz CT molecular complexity index is 1300. The van der Waals surface area contributed by atoms with Gasteiger partial charge in [0, 0.05) is 9.92 Å². The van der Waals surface area contributed by atoms with Crippen molar-refractivity contribution in [2.75, 3.05) is 12.9 Å². The van der Waals surface area contributed by atoms with E-state index in [2.05, 4.69) is 34.8 Å². The maximum atomic E-state index is 12.0. The number of nitrogens with one attached hydrogen (secondary N) is 1. The molecule has 4 aromatic rings. The summed E-state index contributed by atoms with van der Waals surface area (Å²) in [5.41, 5.74) is 4.42. The largest absolute Gasteiger partial charge is 0.493 e. The Labute approximate surface area is 207 Å². The molecular formula is C27H23ClN2O3S. The second-order valence-corrected chi connectivity index (χ2v) is 8.86. The molecule has 0 spiro atoms. The quantitative estimate of drug-likeness (QED) is 0.169. The first-order valence-corrected chi connectivity index (χ1v) is 12.0. The number of ether oxygens (including phenoxy) is 2. The molecule has 0 unspecified atom stereocenters. The van der Waals surface area contributed by atoms with Crippen LogP contribution in [0.3, 0.4) is 0 Å². The van der Waals surface area contributed by atoms with Gasteiger partial charge in [-0.05, 0) is 64.4 Å². The molecule has 5 nitrogen and oxygen atoms in total. The van der Waals surface area contributed by atoms with Gasteiger partial charge in [-0.3, -0.25) is 4.79 Å². The van der Waals surface area contributed by atoms with Gasteiger partial charge >= 0.3 is 0 Å². The summed E-state index contributed by atoms with van der Waals surface area (Å²) in [4.78, 5) is 13.0. The van der Waals surface area contributed by atoms with Crippen molar-refractivity contribution in [3.63, 3.8) is 0 Å². The third-order valence-electron chi connectivity index (χ3n) is 5.04. The molecule has 4 rings (SSSR count). The molecule has 1 amide bonds. The number of halogens is 1. The van der Waals surface area contributed by atoms with Gasteiger partial charge in [-0.1, -0.05) is 54.1 Å². The van der Waals surface area contributed by atoms with E-state index in [0.717, 1.165) is 21.4 Å². The summed E-state index contributed by atoms with van der Waals surface area (Å²) in [6, 6.07) is 27.2. The molecule has 0 bridgehead atoms. The van der Waals surface area contributed by atoms with E-state index in [1.165, 1.54) is 17.1 Å². The third-order valence-corrected chi connectivity index (χ3v) is 6.30. The fraction of sp³-hybridized carbons (Fsp3) is 0.111. The van der Waals surface area contributed by atoms with Crippen LogP contribution in [0.25, 0.3) is 10.8 Å². The first kappa shape index (κ1) is 23.7. The second kappa shape index (κ2) is 11.6. The van der Waals surface area contributed by atoms with Crippen LogP contribution in [-0.2, 0) is 11.4 Å². The summed E-state index contributed by atoms with van der Waals surface area (Å²) in [5, 5.41) is 7.05. The third kappa shape index (κ3) is 6.31. The van der Waals surface area contributed by atoms with Crippen molar-refractivity contribution < 1.29 is 14.3 Å². The predicted octanol–water partition coefficient (Wildman–Crippen LogP) is 6.32. The molecule has 0 aliphatic rings. The monoisotopic (exact) mass is 490 g/mol. The average Bonchev–Trinajstić information content (AvgIpc) is 2.87. The molecule has 0 aromatic heterocycles. The van der Waals surface area contributed by atoms with Gasteiger partial charge in [0.15, 0.2) is 11.5 Å². The van der Waals surface area contributed by atoms with Crippen LogP contribution in [0.5, 0.6) is 11.5 Å². The van der Waals surface area contributed by atoms with Crippen molar-refractivity contribution in [1.82, 2.24) is 5.43 Å². The molecule has 0 aliphatic carbocycles. The molecule has 0 saturated carbocycles. The second-order valence-electron chi connectivity index (χ2n) is 7.37. The van der Waals surface area contributed by atoms with Crippen molar-refractivity contribution in [1.29, 1.82) is 0 Å². The van der Waals surface area contributed by atoms with Gasteiger partial charge in [0.25, 0.3) is 0 Å². The van der Waals surface area contributed by atoms with Crippen LogP contribution < -0.4 is 14.9 Å². The molecule has 34 heavy (non-hydrogen) atoms. The minimum atomic E-state index is -0.196. The Kier molecular flexibility index (Phi) is 8.07. The Morgan fingerprint density at radius 1 is 1.00 bits per heavy atom. The summed E-state index contributed by atoms with van der Waals surface area (Å²) in [6.45, 7) is 0.423. The van der Waals surface area contributed by atoms with Crippen molar-refractivity contribution in [2.24, 2.45) is 5.10 Å². The SMILES string of the molecule is COc1cc(/C=N\NC(=O)CSc2ccc(Cl)cc2)ccc1OCc1cccc2ccccc12. The van der Waals surface area contributed by atoms with Crippen LogP contribution in [0.2, 0.25) is 5.02 Å². The van der Waals surface area contributed by atoms with Crippen molar-refractivity contribution >= 4 is 46.3 Å². The number of carbonyl (C=O) groups excluding carboxylic acids is 1. The molecule has 0 fully saturated rings. The van der Waals surface area contributed by atoms with Gasteiger partial charge in [0.2, 0.25) is 5.91 Å². The number of hydrogen-bond donors (Lipinski definition) is 1. The lowest BCUT2D eigenvalue weighted by molar-refractivity contribution is -0.118. The summed E-state index contributed by atoms with van der Waals surface area (Å²) in [5.74, 6) is 1.28. The molecule has 172 valence electrons. The molecule has 0 saturated heterocycles. The summed E-state index contributed by atoms with van der Waals surface area (Å²) in [7, 11) is 1.59. The highest BCUT2D eigenvalue weighted by Crippen LogP contribution is 2.29. The normalized spacial score (nSPS) is 11.0. The van der Waals surface area contributed by atoms with Crippen LogP contribution in [0.4, 0.5) is 0 Å². The Morgan fingerprint density at radius 2 is 1.79 bits per heavy atom. The summed E-state index contributed by atoms with van der Waals surface area (Å²) >= 11 is 7.29. The molecule has 7 heteroatoms. The lowest BCUT2D eigenvalue weighted by Gasteiger charge is -2.12. The van der Waals surface area contributed by atoms with E-state index in [1.807, 2.05) is 48.5 Å². The maximum Gasteiger partial charge on any atom is 0.250 e. The molecule has 0 radical (unpaired) electrons. The predicted molar refractivity (Wildman–Crippen MR) is 139 cm³/mol. The fourth-order valence-corrected chi connectivity index (χ4v) is 4.17. The molecule has 1 N–H and O–H groups in total. The number of hydrazone groups is 1. The molecular weight excluding hydrogens is 468 g/mol. The van der Waals surface area contributed by atoms with Crippen LogP contribution in [-0.4, -0.2) is 25.0 Å². The molecule has 0 atom stereocenters. The van der Waals surface area contributed by atoms with E-state index in [1.54, 1.807) is 25.5 Å². The van der Waals surface area contributed by atoms with Crippen LogP contribution >= 0.6 is 23.4 Å². The smallest absolute Gasteiger partial charge is 0.250 e. The topological polar surface area (TPSA) is 59.9 Å². The van der Waals surface area contributed by atoms with E-state index in [-0.39, 0.29) is 11.7 Å². The number of amides is 1. The van der Waals surface area contributed by atoms with Gasteiger partial charge < -0.3 is 9.47 Å². The van der Waals surface area contributed by atoms with E-state index in [0.29, 0.717) is 23.1 Å². The van der Waals surface area contributed by atoms with Gasteiger partial charge in [-0.15, -0.1) is 11.8 Å². The van der Waals surface area contributed by atoms with Gasteiger partial charge in [0.05, 0.1) is 19.1 Å². The van der Waals surface area contributed by atoms with Gasteiger partial charge in [-0.2, -0.15) is 5.10 Å². The van der Waals surface area contributed by atoms with Crippen LogP contribution in [0, 0.1) is 0 Å². The summed E-state index contributed by atoms with van der Waals surface area (Å²) < 4.78 is 11.5. The number of benzene rings is 4. The Balaban J connectivity index is 1.33. The number of carbonyl (C=O) groups is 1.